The van der Waals surface area contributed by atoms with Crippen molar-refractivity contribution in [2.75, 3.05) is 40.3 Å². The Bertz CT molecular complexity index is 182. The van der Waals surface area contributed by atoms with Crippen molar-refractivity contribution in [1.82, 2.24) is 9.80 Å². The minimum absolute atomic E-state index is 0.258. The lowest BCUT2D eigenvalue weighted by molar-refractivity contribution is -0.117. The third-order valence-corrected chi connectivity index (χ3v) is 2.55. The Kier molecular flexibility index (Phi) is 3.88. The first-order valence-corrected chi connectivity index (χ1v) is 4.94. The number of carbonyl (C=O) groups excluding carboxylic acids is 1. The normalized spacial score (nSPS) is 24.2. The van der Waals surface area contributed by atoms with Gasteiger partial charge in [-0.25, -0.2) is 0 Å². The molecule has 1 heterocycles. The van der Waals surface area contributed by atoms with Crippen LogP contribution in [0.1, 0.15) is 13.3 Å². The first-order chi connectivity index (χ1) is 6.08. The van der Waals surface area contributed by atoms with Gasteiger partial charge in [0, 0.05) is 13.1 Å². The van der Waals surface area contributed by atoms with Gasteiger partial charge in [0.05, 0.1) is 6.54 Å². The first-order valence-electron chi connectivity index (χ1n) is 4.94. The van der Waals surface area contributed by atoms with E-state index in [1.807, 2.05) is 7.05 Å². The molecule has 0 radical (unpaired) electrons. The van der Waals surface area contributed by atoms with Crippen molar-refractivity contribution in [3.63, 3.8) is 0 Å². The Morgan fingerprint density at radius 2 is 2.31 bits per heavy atom. The summed E-state index contributed by atoms with van der Waals surface area (Å²) in [7, 11) is 4.19. The summed E-state index contributed by atoms with van der Waals surface area (Å²) in [6, 6.07) is 0. The number of Topliss-reactive ketones (excluding diaryl/α,β-unsaturated/α-hetero) is 1. The molecular formula is C10H20N2O. The van der Waals surface area contributed by atoms with E-state index in [4.69, 9.17) is 0 Å². The van der Waals surface area contributed by atoms with E-state index in [9.17, 15) is 4.79 Å². The zero-order valence-electron chi connectivity index (χ0n) is 8.92. The second-order valence-electron chi connectivity index (χ2n) is 4.32. The number of hydrogen-bond acceptors (Lipinski definition) is 3. The molecular weight excluding hydrogens is 164 g/mol. The van der Waals surface area contributed by atoms with Crippen LogP contribution in [-0.4, -0.2) is 55.9 Å². The van der Waals surface area contributed by atoms with Crippen LogP contribution in [0.5, 0.6) is 0 Å². The third kappa shape index (κ3) is 3.87. The lowest BCUT2D eigenvalue weighted by atomic mass is 10.1. The average Bonchev–Trinajstić information content (AvgIpc) is 2.33. The van der Waals surface area contributed by atoms with Crippen LogP contribution in [0.4, 0.5) is 0 Å². The molecule has 13 heavy (non-hydrogen) atoms. The van der Waals surface area contributed by atoms with Crippen molar-refractivity contribution in [2.24, 2.45) is 5.92 Å². The summed E-state index contributed by atoms with van der Waals surface area (Å²) in [6.07, 6.45) is 1.28. The Morgan fingerprint density at radius 3 is 2.77 bits per heavy atom. The van der Waals surface area contributed by atoms with E-state index in [-0.39, 0.29) is 5.78 Å². The van der Waals surface area contributed by atoms with E-state index >= 15 is 0 Å². The second-order valence-corrected chi connectivity index (χ2v) is 4.32. The van der Waals surface area contributed by atoms with E-state index in [1.54, 1.807) is 6.92 Å². The van der Waals surface area contributed by atoms with Crippen molar-refractivity contribution in [2.45, 2.75) is 13.3 Å². The number of rotatable bonds is 4. The molecule has 0 spiro atoms. The van der Waals surface area contributed by atoms with Crippen LogP contribution in [0.3, 0.4) is 0 Å². The molecule has 0 aliphatic carbocycles. The molecule has 3 nitrogen and oxygen atoms in total. The minimum Gasteiger partial charge on any atom is -0.306 e. The molecule has 0 amide bonds. The van der Waals surface area contributed by atoms with Crippen molar-refractivity contribution in [3.8, 4) is 0 Å². The van der Waals surface area contributed by atoms with Gasteiger partial charge in [-0.2, -0.15) is 0 Å². The van der Waals surface area contributed by atoms with Gasteiger partial charge in [-0.3, -0.25) is 9.69 Å². The van der Waals surface area contributed by atoms with Crippen LogP contribution < -0.4 is 0 Å². The van der Waals surface area contributed by atoms with Gasteiger partial charge in [0.2, 0.25) is 0 Å². The molecule has 1 aliphatic heterocycles. The highest BCUT2D eigenvalue weighted by Gasteiger charge is 2.20. The Morgan fingerprint density at radius 1 is 1.62 bits per heavy atom. The summed E-state index contributed by atoms with van der Waals surface area (Å²) in [6.45, 7) is 5.70. The Hall–Kier alpha value is -0.410. The fraction of sp³-hybridized carbons (Fsp3) is 0.900. The number of ketones is 1. The summed E-state index contributed by atoms with van der Waals surface area (Å²) in [4.78, 5) is 15.3. The fourth-order valence-corrected chi connectivity index (χ4v) is 2.06. The number of nitrogens with zero attached hydrogens (tertiary/aromatic N) is 2. The van der Waals surface area contributed by atoms with Crippen LogP contribution in [0, 0.1) is 5.92 Å². The SMILES string of the molecule is CC(=O)CN(C)CC1CCN(C)C1. The molecule has 1 saturated heterocycles. The number of likely N-dealkylation sites (N-methyl/N-ethyl adjacent to an activating group) is 1. The molecule has 76 valence electrons. The predicted molar refractivity (Wildman–Crippen MR) is 53.8 cm³/mol. The van der Waals surface area contributed by atoms with E-state index < -0.39 is 0 Å². The van der Waals surface area contributed by atoms with E-state index in [0.717, 1.165) is 12.5 Å². The molecule has 1 unspecified atom stereocenters. The predicted octanol–water partition coefficient (Wildman–Crippen LogP) is 0.459. The standard InChI is InChI=1S/C10H20N2O/c1-9(13)6-12(3)8-10-4-5-11(2)7-10/h10H,4-8H2,1-3H3. The second kappa shape index (κ2) is 4.72. The van der Waals surface area contributed by atoms with Gasteiger partial charge in [-0.1, -0.05) is 0 Å². The Labute approximate surface area is 80.7 Å². The molecule has 3 heteroatoms. The molecule has 0 aromatic rings. The molecule has 0 aromatic carbocycles. The summed E-state index contributed by atoms with van der Waals surface area (Å²) in [5.74, 6) is 1.02. The van der Waals surface area contributed by atoms with Crippen molar-refractivity contribution >= 4 is 5.78 Å². The van der Waals surface area contributed by atoms with Crippen LogP contribution in [0.2, 0.25) is 0 Å². The average molecular weight is 184 g/mol. The highest BCUT2D eigenvalue weighted by Crippen LogP contribution is 2.14. The molecule has 0 N–H and O–H groups in total. The monoisotopic (exact) mass is 184 g/mol. The van der Waals surface area contributed by atoms with Gasteiger partial charge in [0.25, 0.3) is 0 Å². The third-order valence-electron chi connectivity index (χ3n) is 2.55. The molecule has 0 bridgehead atoms. The molecule has 1 rings (SSSR count). The van der Waals surface area contributed by atoms with Gasteiger partial charge in [0.15, 0.2) is 0 Å². The maximum absolute atomic E-state index is 10.8. The Balaban J connectivity index is 2.20. The highest BCUT2D eigenvalue weighted by molar-refractivity contribution is 5.77. The van der Waals surface area contributed by atoms with Crippen LogP contribution in [0.15, 0.2) is 0 Å². The number of hydrogen-bond donors (Lipinski definition) is 0. The molecule has 0 saturated carbocycles. The van der Waals surface area contributed by atoms with Crippen LogP contribution in [0.25, 0.3) is 0 Å². The zero-order valence-corrected chi connectivity index (χ0v) is 8.92. The van der Waals surface area contributed by atoms with Crippen molar-refractivity contribution in [3.05, 3.63) is 0 Å². The number of carbonyl (C=O) groups is 1. The van der Waals surface area contributed by atoms with Crippen molar-refractivity contribution < 1.29 is 4.79 Å². The summed E-state index contributed by atoms with van der Waals surface area (Å²) in [5, 5.41) is 0. The van der Waals surface area contributed by atoms with Gasteiger partial charge in [0.1, 0.15) is 5.78 Å². The van der Waals surface area contributed by atoms with Crippen molar-refractivity contribution in [1.29, 1.82) is 0 Å². The zero-order chi connectivity index (χ0) is 9.84. The summed E-state index contributed by atoms with van der Waals surface area (Å²) >= 11 is 0. The first kappa shape index (κ1) is 10.7. The quantitative estimate of drug-likeness (QED) is 0.634. The summed E-state index contributed by atoms with van der Waals surface area (Å²) < 4.78 is 0. The maximum Gasteiger partial charge on any atom is 0.143 e. The van der Waals surface area contributed by atoms with Gasteiger partial charge < -0.3 is 4.90 Å². The van der Waals surface area contributed by atoms with Crippen LogP contribution in [-0.2, 0) is 4.79 Å². The molecule has 1 aliphatic rings. The lowest BCUT2D eigenvalue weighted by Crippen LogP contribution is -2.30. The smallest absolute Gasteiger partial charge is 0.143 e. The topological polar surface area (TPSA) is 23.6 Å². The van der Waals surface area contributed by atoms with Gasteiger partial charge >= 0.3 is 0 Å². The molecule has 0 aromatic heterocycles. The van der Waals surface area contributed by atoms with E-state index in [1.165, 1.54) is 19.5 Å². The largest absolute Gasteiger partial charge is 0.306 e. The maximum atomic E-state index is 10.8. The van der Waals surface area contributed by atoms with E-state index in [0.29, 0.717) is 6.54 Å². The lowest BCUT2D eigenvalue weighted by Gasteiger charge is -2.19. The van der Waals surface area contributed by atoms with Crippen LogP contribution >= 0.6 is 0 Å². The highest BCUT2D eigenvalue weighted by atomic mass is 16.1. The van der Waals surface area contributed by atoms with E-state index in [2.05, 4.69) is 16.8 Å². The van der Waals surface area contributed by atoms with Gasteiger partial charge in [-0.15, -0.1) is 0 Å². The molecule has 1 atom stereocenters. The minimum atomic E-state index is 0.258. The number of likely N-dealkylation sites (tertiary alicyclic amines) is 1. The summed E-state index contributed by atoms with van der Waals surface area (Å²) in [5.41, 5.74) is 0. The fourth-order valence-electron chi connectivity index (χ4n) is 2.06. The van der Waals surface area contributed by atoms with Gasteiger partial charge in [-0.05, 0) is 39.9 Å². The molecule has 1 fully saturated rings.